The second-order valence-corrected chi connectivity index (χ2v) is 6.33. The second kappa shape index (κ2) is 7.89. The fourth-order valence-corrected chi connectivity index (χ4v) is 4.73. The van der Waals surface area contributed by atoms with Gasteiger partial charge < -0.3 is 5.32 Å². The second-order valence-electron chi connectivity index (χ2n) is 3.83. The summed E-state index contributed by atoms with van der Waals surface area (Å²) in [5, 5.41) is 4.57. The summed E-state index contributed by atoms with van der Waals surface area (Å²) in [5.41, 5.74) is 0. The molecule has 0 saturated carbocycles. The molecule has 2 unspecified atom stereocenters. The van der Waals surface area contributed by atoms with Crippen molar-refractivity contribution >= 4 is 23.5 Å². The van der Waals surface area contributed by atoms with Crippen molar-refractivity contribution in [2.45, 2.75) is 44.4 Å². The average molecular weight is 233 g/mol. The minimum Gasteiger partial charge on any atom is -0.313 e. The van der Waals surface area contributed by atoms with Crippen LogP contribution in [0.25, 0.3) is 0 Å². The van der Waals surface area contributed by atoms with Gasteiger partial charge in [-0.15, -0.1) is 0 Å². The Morgan fingerprint density at radius 2 is 2.14 bits per heavy atom. The van der Waals surface area contributed by atoms with Gasteiger partial charge in [0.05, 0.1) is 0 Å². The topological polar surface area (TPSA) is 12.0 Å². The molecule has 0 aliphatic carbocycles. The van der Waals surface area contributed by atoms with Crippen LogP contribution < -0.4 is 5.32 Å². The summed E-state index contributed by atoms with van der Waals surface area (Å²) in [4.78, 5) is 0. The van der Waals surface area contributed by atoms with E-state index >= 15 is 0 Å². The van der Waals surface area contributed by atoms with E-state index < -0.39 is 0 Å². The fraction of sp³-hybridized carbons (Fsp3) is 1.00. The Morgan fingerprint density at radius 3 is 2.71 bits per heavy atom. The van der Waals surface area contributed by atoms with Gasteiger partial charge in [-0.25, -0.2) is 0 Å². The highest BCUT2D eigenvalue weighted by molar-refractivity contribution is 8.06. The van der Waals surface area contributed by atoms with E-state index in [1.54, 1.807) is 0 Å². The molecule has 1 aliphatic heterocycles. The molecule has 1 rings (SSSR count). The Bertz CT molecular complexity index is 135. The van der Waals surface area contributed by atoms with E-state index in [1.165, 1.54) is 43.1 Å². The van der Waals surface area contributed by atoms with E-state index in [-0.39, 0.29) is 0 Å². The summed E-state index contributed by atoms with van der Waals surface area (Å²) in [6.45, 7) is 5.73. The number of nitrogens with one attached hydrogen (secondary N) is 1. The van der Waals surface area contributed by atoms with Gasteiger partial charge in [0.15, 0.2) is 0 Å². The fourth-order valence-electron chi connectivity index (χ4n) is 1.80. The molecule has 1 saturated heterocycles. The summed E-state index contributed by atoms with van der Waals surface area (Å²) in [5.74, 6) is 4.06. The van der Waals surface area contributed by atoms with Crippen LogP contribution >= 0.6 is 23.5 Å². The Hall–Kier alpha value is 0.660. The predicted octanol–water partition coefficient (Wildman–Crippen LogP) is 3.00. The lowest BCUT2D eigenvalue weighted by atomic mass is 10.1. The molecule has 1 heterocycles. The molecule has 1 N–H and O–H groups in total. The van der Waals surface area contributed by atoms with Crippen LogP contribution in [0.5, 0.6) is 0 Å². The van der Waals surface area contributed by atoms with Gasteiger partial charge in [-0.1, -0.05) is 20.3 Å². The van der Waals surface area contributed by atoms with Crippen LogP contribution in [0.4, 0.5) is 0 Å². The van der Waals surface area contributed by atoms with Gasteiger partial charge in [0.1, 0.15) is 0 Å². The summed E-state index contributed by atoms with van der Waals surface area (Å²) >= 11 is 4.31. The van der Waals surface area contributed by atoms with Crippen LogP contribution in [0.1, 0.15) is 33.1 Å². The number of hydrogen-bond acceptors (Lipinski definition) is 3. The van der Waals surface area contributed by atoms with Crippen molar-refractivity contribution in [2.75, 3.05) is 23.8 Å². The molecule has 1 nitrogen and oxygen atoms in total. The molecule has 0 amide bonds. The maximum atomic E-state index is 3.71. The summed E-state index contributed by atoms with van der Waals surface area (Å²) in [6, 6.07) is 0.762. The van der Waals surface area contributed by atoms with E-state index in [0.717, 1.165) is 11.3 Å². The lowest BCUT2D eigenvalue weighted by molar-refractivity contribution is 0.474. The first-order chi connectivity index (χ1) is 6.88. The minimum atomic E-state index is 0.762. The number of thioether (sulfide) groups is 2. The molecule has 0 radical (unpaired) electrons. The van der Waals surface area contributed by atoms with Gasteiger partial charge in [-0.2, -0.15) is 23.5 Å². The SMILES string of the molecule is CCCNC(CCC)C1CSCCS1. The van der Waals surface area contributed by atoms with Crippen LogP contribution in [0, 0.1) is 0 Å². The zero-order valence-electron chi connectivity index (χ0n) is 9.42. The van der Waals surface area contributed by atoms with E-state index in [0.29, 0.717) is 0 Å². The quantitative estimate of drug-likeness (QED) is 0.757. The van der Waals surface area contributed by atoms with E-state index in [1.807, 2.05) is 0 Å². The zero-order chi connectivity index (χ0) is 10.2. The molecule has 14 heavy (non-hydrogen) atoms. The summed E-state index contributed by atoms with van der Waals surface area (Å²) in [7, 11) is 0. The Morgan fingerprint density at radius 1 is 1.29 bits per heavy atom. The van der Waals surface area contributed by atoms with Crippen LogP contribution in [0.15, 0.2) is 0 Å². The lowest BCUT2D eigenvalue weighted by Gasteiger charge is -2.30. The molecular weight excluding hydrogens is 210 g/mol. The Labute approximate surface area is 97.2 Å². The van der Waals surface area contributed by atoms with Crippen molar-refractivity contribution < 1.29 is 0 Å². The third-order valence-electron chi connectivity index (χ3n) is 2.55. The van der Waals surface area contributed by atoms with Gasteiger partial charge in [0.2, 0.25) is 0 Å². The largest absolute Gasteiger partial charge is 0.313 e. The molecule has 0 bridgehead atoms. The highest BCUT2D eigenvalue weighted by atomic mass is 32.2. The minimum absolute atomic E-state index is 0.762. The molecule has 84 valence electrons. The third-order valence-corrected chi connectivity index (χ3v) is 5.47. The summed E-state index contributed by atoms with van der Waals surface area (Å²) < 4.78 is 0. The average Bonchev–Trinajstić information content (AvgIpc) is 2.25. The van der Waals surface area contributed by atoms with Crippen LogP contribution in [-0.4, -0.2) is 35.1 Å². The number of hydrogen-bond donors (Lipinski definition) is 1. The van der Waals surface area contributed by atoms with Crippen molar-refractivity contribution in [3.8, 4) is 0 Å². The Kier molecular flexibility index (Phi) is 7.17. The van der Waals surface area contributed by atoms with Crippen LogP contribution in [0.2, 0.25) is 0 Å². The standard InChI is InChI=1S/C11H23NS2/c1-3-5-10(12-6-4-2)11-9-13-7-8-14-11/h10-12H,3-9H2,1-2H3. The van der Waals surface area contributed by atoms with Crippen molar-refractivity contribution in [1.29, 1.82) is 0 Å². The van der Waals surface area contributed by atoms with Crippen LogP contribution in [-0.2, 0) is 0 Å². The molecule has 0 aromatic carbocycles. The maximum Gasteiger partial charge on any atom is 0.0291 e. The maximum absolute atomic E-state index is 3.71. The molecule has 1 aliphatic rings. The van der Waals surface area contributed by atoms with Crippen LogP contribution in [0.3, 0.4) is 0 Å². The molecule has 3 heteroatoms. The lowest BCUT2D eigenvalue weighted by Crippen LogP contribution is -2.41. The predicted molar refractivity (Wildman–Crippen MR) is 70.6 cm³/mol. The van der Waals surface area contributed by atoms with Gasteiger partial charge in [0.25, 0.3) is 0 Å². The van der Waals surface area contributed by atoms with Crippen molar-refractivity contribution in [2.24, 2.45) is 0 Å². The summed E-state index contributed by atoms with van der Waals surface area (Å²) in [6.07, 6.45) is 3.91. The number of rotatable bonds is 6. The van der Waals surface area contributed by atoms with Crippen molar-refractivity contribution in [3.05, 3.63) is 0 Å². The third kappa shape index (κ3) is 4.45. The van der Waals surface area contributed by atoms with Gasteiger partial charge in [-0.05, 0) is 19.4 Å². The molecule has 0 aromatic rings. The van der Waals surface area contributed by atoms with E-state index in [9.17, 15) is 0 Å². The van der Waals surface area contributed by atoms with Gasteiger partial charge in [0, 0.05) is 28.6 Å². The smallest absolute Gasteiger partial charge is 0.0291 e. The van der Waals surface area contributed by atoms with Gasteiger partial charge >= 0.3 is 0 Å². The highest BCUT2D eigenvalue weighted by Gasteiger charge is 2.22. The van der Waals surface area contributed by atoms with E-state index in [2.05, 4.69) is 42.7 Å². The van der Waals surface area contributed by atoms with Gasteiger partial charge in [-0.3, -0.25) is 0 Å². The first-order valence-electron chi connectivity index (χ1n) is 5.81. The molecule has 1 fully saturated rings. The molecule has 0 spiro atoms. The highest BCUT2D eigenvalue weighted by Crippen LogP contribution is 2.27. The Balaban J connectivity index is 2.30. The molecular formula is C11H23NS2. The first-order valence-corrected chi connectivity index (χ1v) is 8.01. The van der Waals surface area contributed by atoms with Crippen molar-refractivity contribution in [1.82, 2.24) is 5.32 Å². The normalized spacial score (nSPS) is 24.9. The monoisotopic (exact) mass is 233 g/mol. The molecule has 2 atom stereocenters. The zero-order valence-corrected chi connectivity index (χ0v) is 11.1. The van der Waals surface area contributed by atoms with E-state index in [4.69, 9.17) is 0 Å². The van der Waals surface area contributed by atoms with Crippen molar-refractivity contribution in [3.63, 3.8) is 0 Å². The first kappa shape index (κ1) is 12.7. The molecule has 0 aromatic heterocycles.